The number of amides is 1. The molecule has 3 rings (SSSR count). The number of halogens is 1. The molecule has 1 fully saturated rings. The van der Waals surface area contributed by atoms with Crippen molar-refractivity contribution in [1.29, 1.82) is 0 Å². The number of benzene rings is 2. The molecular weight excluding hydrogens is 326 g/mol. The van der Waals surface area contributed by atoms with Crippen LogP contribution in [0, 0.1) is 0 Å². The average Bonchev–Trinajstić information content (AvgIpc) is 3.13. The van der Waals surface area contributed by atoms with Gasteiger partial charge in [-0.3, -0.25) is 9.59 Å². The van der Waals surface area contributed by atoms with Gasteiger partial charge in [-0.05, 0) is 43.2 Å². The first-order valence-corrected chi connectivity index (χ1v) is 8.32. The smallest absolute Gasteiger partial charge is 0.252 e. The van der Waals surface area contributed by atoms with E-state index in [0.717, 1.165) is 19.4 Å². The zero-order valence-corrected chi connectivity index (χ0v) is 13.9. The zero-order valence-electron chi connectivity index (χ0n) is 13.1. The number of hydrogen-bond acceptors (Lipinski definition) is 3. The van der Waals surface area contributed by atoms with Crippen molar-refractivity contribution in [3.8, 4) is 0 Å². The monoisotopic (exact) mass is 343 g/mol. The quantitative estimate of drug-likeness (QED) is 0.846. The van der Waals surface area contributed by atoms with Crippen LogP contribution in [0.4, 0.5) is 0 Å². The van der Waals surface area contributed by atoms with Crippen LogP contribution in [0.1, 0.15) is 39.1 Å². The normalized spacial score (nSPS) is 16.8. The molecule has 2 aromatic rings. The topological polar surface area (TPSA) is 55.4 Å². The molecule has 24 heavy (non-hydrogen) atoms. The lowest BCUT2D eigenvalue weighted by Gasteiger charge is -2.13. The summed E-state index contributed by atoms with van der Waals surface area (Å²) in [6.07, 6.45) is 2.03. The molecule has 0 aromatic heterocycles. The van der Waals surface area contributed by atoms with E-state index in [2.05, 4.69) is 5.32 Å². The van der Waals surface area contributed by atoms with Crippen LogP contribution >= 0.6 is 11.6 Å². The molecule has 1 N–H and O–H groups in total. The SMILES string of the molecule is O=C(NC[C@@H]1CCCO1)c1ccccc1C(=O)c1ccc(Cl)cc1. The molecule has 1 aliphatic heterocycles. The standard InChI is InChI=1S/C19H18ClNO3/c20-14-9-7-13(8-10-14)18(22)16-5-1-2-6-17(16)19(23)21-12-15-4-3-11-24-15/h1-2,5-10,15H,3-4,11-12H2,(H,21,23)/t15-/m0/s1. The summed E-state index contributed by atoms with van der Waals surface area (Å²) in [4.78, 5) is 25.2. The highest BCUT2D eigenvalue weighted by atomic mass is 35.5. The number of ether oxygens (including phenoxy) is 1. The van der Waals surface area contributed by atoms with Crippen molar-refractivity contribution in [1.82, 2.24) is 5.32 Å². The third kappa shape index (κ3) is 3.83. The number of carbonyl (C=O) groups is 2. The molecule has 5 heteroatoms. The van der Waals surface area contributed by atoms with Crippen molar-refractivity contribution >= 4 is 23.3 Å². The van der Waals surface area contributed by atoms with E-state index in [1.807, 2.05) is 0 Å². The van der Waals surface area contributed by atoms with Crippen LogP contribution in [-0.2, 0) is 4.74 Å². The first kappa shape index (κ1) is 16.7. The van der Waals surface area contributed by atoms with Gasteiger partial charge in [-0.25, -0.2) is 0 Å². The predicted octanol–water partition coefficient (Wildman–Crippen LogP) is 3.48. The molecule has 0 unspecified atom stereocenters. The number of hydrogen-bond donors (Lipinski definition) is 1. The summed E-state index contributed by atoms with van der Waals surface area (Å²) >= 11 is 5.86. The van der Waals surface area contributed by atoms with E-state index in [0.29, 0.717) is 28.3 Å². The molecule has 0 bridgehead atoms. The molecule has 1 atom stereocenters. The van der Waals surface area contributed by atoms with Gasteiger partial charge < -0.3 is 10.1 Å². The summed E-state index contributed by atoms with van der Waals surface area (Å²) < 4.78 is 5.50. The third-order valence-electron chi connectivity index (χ3n) is 4.04. The minimum absolute atomic E-state index is 0.0630. The van der Waals surface area contributed by atoms with Crippen molar-refractivity contribution < 1.29 is 14.3 Å². The van der Waals surface area contributed by atoms with Crippen molar-refractivity contribution in [2.45, 2.75) is 18.9 Å². The Morgan fingerprint density at radius 2 is 1.79 bits per heavy atom. The summed E-state index contributed by atoms with van der Waals surface area (Å²) in [7, 11) is 0. The number of nitrogens with one attached hydrogen (secondary N) is 1. The molecule has 124 valence electrons. The molecule has 1 saturated heterocycles. The predicted molar refractivity (Wildman–Crippen MR) is 92.6 cm³/mol. The fraction of sp³-hybridized carbons (Fsp3) is 0.263. The molecule has 0 aliphatic carbocycles. The van der Waals surface area contributed by atoms with Gasteiger partial charge in [0, 0.05) is 29.3 Å². The first-order valence-electron chi connectivity index (χ1n) is 7.94. The highest BCUT2D eigenvalue weighted by Gasteiger charge is 2.20. The highest BCUT2D eigenvalue weighted by Crippen LogP contribution is 2.17. The van der Waals surface area contributed by atoms with Crippen LogP contribution < -0.4 is 5.32 Å². The lowest BCUT2D eigenvalue weighted by Crippen LogP contribution is -2.32. The second-order valence-electron chi connectivity index (χ2n) is 5.73. The lowest BCUT2D eigenvalue weighted by molar-refractivity contribution is 0.0853. The molecule has 0 radical (unpaired) electrons. The fourth-order valence-corrected chi connectivity index (χ4v) is 2.87. The third-order valence-corrected chi connectivity index (χ3v) is 4.29. The van der Waals surface area contributed by atoms with Gasteiger partial charge in [0.05, 0.1) is 11.7 Å². The largest absolute Gasteiger partial charge is 0.376 e. The van der Waals surface area contributed by atoms with E-state index >= 15 is 0 Å². The van der Waals surface area contributed by atoms with Gasteiger partial charge in [0.2, 0.25) is 0 Å². The molecule has 1 amide bonds. The Bertz CT molecular complexity index is 737. The van der Waals surface area contributed by atoms with Crippen molar-refractivity contribution in [2.75, 3.05) is 13.2 Å². The van der Waals surface area contributed by atoms with Crippen LogP contribution in [0.5, 0.6) is 0 Å². The Kier molecular flexibility index (Phi) is 5.28. The maximum absolute atomic E-state index is 12.7. The van der Waals surface area contributed by atoms with Crippen LogP contribution in [0.3, 0.4) is 0 Å². The Balaban J connectivity index is 1.77. The molecular formula is C19H18ClNO3. The van der Waals surface area contributed by atoms with Crippen molar-refractivity contribution in [3.63, 3.8) is 0 Å². The van der Waals surface area contributed by atoms with Gasteiger partial charge >= 0.3 is 0 Å². The van der Waals surface area contributed by atoms with Crippen molar-refractivity contribution in [3.05, 3.63) is 70.2 Å². The van der Waals surface area contributed by atoms with Gasteiger partial charge in [-0.1, -0.05) is 29.8 Å². The van der Waals surface area contributed by atoms with Crippen molar-refractivity contribution in [2.24, 2.45) is 0 Å². The summed E-state index contributed by atoms with van der Waals surface area (Å²) in [6, 6.07) is 13.5. The maximum Gasteiger partial charge on any atom is 0.252 e. The van der Waals surface area contributed by atoms with Gasteiger partial charge in [0.15, 0.2) is 5.78 Å². The minimum Gasteiger partial charge on any atom is -0.376 e. The van der Waals surface area contributed by atoms with Gasteiger partial charge in [-0.2, -0.15) is 0 Å². The maximum atomic E-state index is 12.7. The molecule has 2 aromatic carbocycles. The van der Waals surface area contributed by atoms with E-state index in [1.165, 1.54) is 0 Å². The highest BCUT2D eigenvalue weighted by molar-refractivity contribution is 6.30. The summed E-state index contributed by atoms with van der Waals surface area (Å²) in [6.45, 7) is 1.20. The van der Waals surface area contributed by atoms with E-state index in [4.69, 9.17) is 16.3 Å². The van der Waals surface area contributed by atoms with E-state index in [1.54, 1.807) is 48.5 Å². The Hall–Kier alpha value is -2.17. The average molecular weight is 344 g/mol. The van der Waals surface area contributed by atoms with E-state index in [9.17, 15) is 9.59 Å². The molecule has 0 spiro atoms. The minimum atomic E-state index is -0.261. The second kappa shape index (κ2) is 7.60. The van der Waals surface area contributed by atoms with Crippen LogP contribution in [0.15, 0.2) is 48.5 Å². The fourth-order valence-electron chi connectivity index (χ4n) is 2.74. The lowest BCUT2D eigenvalue weighted by atomic mass is 9.98. The van der Waals surface area contributed by atoms with Gasteiger partial charge in [-0.15, -0.1) is 0 Å². The summed E-state index contributed by atoms with van der Waals surface area (Å²) in [5.74, 6) is -0.460. The Labute approximate surface area is 145 Å². The number of carbonyl (C=O) groups excluding carboxylic acids is 2. The molecule has 1 aliphatic rings. The second-order valence-corrected chi connectivity index (χ2v) is 6.16. The van der Waals surface area contributed by atoms with Crippen LogP contribution in [-0.4, -0.2) is 30.9 Å². The van der Waals surface area contributed by atoms with E-state index < -0.39 is 0 Å². The summed E-state index contributed by atoms with van der Waals surface area (Å²) in [5, 5.41) is 3.42. The van der Waals surface area contributed by atoms with Gasteiger partial charge in [0.1, 0.15) is 0 Å². The van der Waals surface area contributed by atoms with E-state index in [-0.39, 0.29) is 17.8 Å². The Morgan fingerprint density at radius 1 is 1.08 bits per heavy atom. The molecule has 4 nitrogen and oxygen atoms in total. The number of rotatable bonds is 5. The zero-order chi connectivity index (χ0) is 16.9. The van der Waals surface area contributed by atoms with Gasteiger partial charge in [0.25, 0.3) is 5.91 Å². The molecule has 0 saturated carbocycles. The first-order chi connectivity index (χ1) is 11.6. The van der Waals surface area contributed by atoms with Crippen LogP contribution in [0.25, 0.3) is 0 Å². The summed E-state index contributed by atoms with van der Waals surface area (Å²) in [5.41, 5.74) is 1.25. The Morgan fingerprint density at radius 3 is 2.46 bits per heavy atom. The number of ketones is 1. The molecule has 1 heterocycles. The van der Waals surface area contributed by atoms with Crippen LogP contribution in [0.2, 0.25) is 5.02 Å².